The number of Topliss-reactive ketones (excluding diaryl/α,β-unsaturated/α-hetero) is 1. The van der Waals surface area contributed by atoms with E-state index in [2.05, 4.69) is 0 Å². The number of allylic oxidation sites excluding steroid dienone is 2. The standard InChI is InChI=1S/C31H23ClN2O6S/c32-23-5-2-1-4-20(23)28(36)33(34-29(37)26-18-11-12-19(22-14-21(18)22)27(26)30(34)38)15-24(35)16-7-9-17(10-8-16)40-31(39)25-6-3-13-41-25/h1-13,18-19,21-22,26-27H,14-15H2/t18-,19-,21-,22+,26+,27+/m0/s1. The van der Waals surface area contributed by atoms with Gasteiger partial charge in [-0.2, -0.15) is 5.01 Å². The molecule has 1 aromatic heterocycles. The summed E-state index contributed by atoms with van der Waals surface area (Å²) in [6.45, 7) is -0.551. The predicted octanol–water partition coefficient (Wildman–Crippen LogP) is 4.91. The van der Waals surface area contributed by atoms with E-state index in [9.17, 15) is 24.0 Å². The second-order valence-corrected chi connectivity index (χ2v) is 12.2. The highest BCUT2D eigenvalue weighted by atomic mass is 35.5. The summed E-state index contributed by atoms with van der Waals surface area (Å²) < 4.78 is 5.36. The third kappa shape index (κ3) is 4.22. The number of hydrogen-bond donors (Lipinski definition) is 0. The van der Waals surface area contributed by atoms with Crippen molar-refractivity contribution in [3.8, 4) is 5.75 Å². The van der Waals surface area contributed by atoms with Crippen LogP contribution >= 0.6 is 22.9 Å². The number of carbonyl (C=O) groups is 5. The number of nitrogens with zero attached hydrogens (tertiary/aromatic N) is 2. The van der Waals surface area contributed by atoms with Crippen LogP contribution in [0.1, 0.15) is 36.8 Å². The van der Waals surface area contributed by atoms with E-state index < -0.39 is 47.9 Å². The molecule has 0 spiro atoms. The van der Waals surface area contributed by atoms with Gasteiger partial charge in [0.05, 0.1) is 22.4 Å². The summed E-state index contributed by atoms with van der Waals surface area (Å²) in [5.74, 6) is -2.72. The van der Waals surface area contributed by atoms with Gasteiger partial charge < -0.3 is 4.74 Å². The SMILES string of the molecule is O=C(CN(C(=O)c1ccccc1Cl)N1C(=O)[C@@H]2[C@H]3C=C[C@@H]([C@@H]4C[C@H]34)[C@H]2C1=O)c1ccc(OC(=O)c2cccs2)cc1. The molecule has 2 heterocycles. The van der Waals surface area contributed by atoms with Gasteiger partial charge in [-0.3, -0.25) is 19.2 Å². The van der Waals surface area contributed by atoms with Gasteiger partial charge in [-0.25, -0.2) is 9.80 Å². The number of ketones is 1. The predicted molar refractivity (Wildman–Crippen MR) is 149 cm³/mol. The first-order chi connectivity index (χ1) is 19.8. The molecule has 0 unspecified atom stereocenters. The first-order valence-corrected chi connectivity index (χ1v) is 14.6. The van der Waals surface area contributed by atoms with E-state index in [1.54, 1.807) is 29.6 Å². The molecule has 3 aromatic rings. The van der Waals surface area contributed by atoms with Crippen LogP contribution in [0.2, 0.25) is 5.02 Å². The molecule has 8 rings (SSSR count). The molecule has 206 valence electrons. The normalized spacial score (nSPS) is 26.9. The molecule has 1 saturated heterocycles. The van der Waals surface area contributed by atoms with Gasteiger partial charge in [-0.05, 0) is 77.9 Å². The molecule has 3 fully saturated rings. The van der Waals surface area contributed by atoms with Crippen LogP contribution in [-0.4, -0.2) is 46.0 Å². The van der Waals surface area contributed by atoms with Gasteiger partial charge in [0.15, 0.2) is 5.78 Å². The zero-order valence-corrected chi connectivity index (χ0v) is 23.1. The summed E-state index contributed by atoms with van der Waals surface area (Å²) >= 11 is 7.58. The average molecular weight is 587 g/mol. The summed E-state index contributed by atoms with van der Waals surface area (Å²) in [6.07, 6.45) is 5.11. The summed E-state index contributed by atoms with van der Waals surface area (Å²) in [6, 6.07) is 15.6. The average Bonchev–Trinajstić information content (AvgIpc) is 3.54. The molecule has 0 N–H and O–H groups in total. The molecule has 41 heavy (non-hydrogen) atoms. The molecule has 8 nitrogen and oxygen atoms in total. The number of thiophene rings is 1. The van der Waals surface area contributed by atoms with Crippen LogP contribution in [-0.2, 0) is 9.59 Å². The van der Waals surface area contributed by atoms with Crippen LogP contribution in [0.5, 0.6) is 5.75 Å². The minimum Gasteiger partial charge on any atom is -0.422 e. The van der Waals surface area contributed by atoms with Gasteiger partial charge in [0, 0.05) is 5.56 Å². The molecule has 1 aliphatic heterocycles. The Balaban J connectivity index is 1.16. The molecule has 2 aromatic carbocycles. The first-order valence-electron chi connectivity index (χ1n) is 13.3. The molecule has 2 bridgehead atoms. The van der Waals surface area contributed by atoms with E-state index in [1.807, 2.05) is 12.2 Å². The smallest absolute Gasteiger partial charge is 0.353 e. The van der Waals surface area contributed by atoms with Gasteiger partial charge in [-0.15, -0.1) is 11.3 Å². The van der Waals surface area contributed by atoms with Crippen molar-refractivity contribution < 1.29 is 28.7 Å². The number of halogens is 1. The number of rotatable bonds is 7. The Morgan fingerprint density at radius 1 is 0.902 bits per heavy atom. The van der Waals surface area contributed by atoms with Crippen LogP contribution in [0.25, 0.3) is 0 Å². The van der Waals surface area contributed by atoms with Gasteiger partial charge in [0.1, 0.15) is 17.2 Å². The molecule has 0 radical (unpaired) electrons. The maximum Gasteiger partial charge on any atom is 0.353 e. The lowest BCUT2D eigenvalue weighted by Crippen LogP contribution is -2.52. The van der Waals surface area contributed by atoms with Crippen molar-refractivity contribution in [2.24, 2.45) is 35.5 Å². The molecule has 2 saturated carbocycles. The highest BCUT2D eigenvalue weighted by molar-refractivity contribution is 7.12. The molecule has 3 amide bonds. The fraction of sp³-hybridized carbons (Fsp3) is 0.258. The molecule has 10 heteroatoms. The van der Waals surface area contributed by atoms with Crippen molar-refractivity contribution in [2.45, 2.75) is 6.42 Å². The van der Waals surface area contributed by atoms with E-state index in [0.717, 1.165) is 16.4 Å². The fourth-order valence-corrected chi connectivity index (χ4v) is 7.49. The number of imide groups is 1. The number of esters is 1. The van der Waals surface area contributed by atoms with Crippen LogP contribution in [0.3, 0.4) is 0 Å². The van der Waals surface area contributed by atoms with Crippen LogP contribution in [0.15, 0.2) is 78.2 Å². The molecular formula is C31H23ClN2O6S. The number of benzene rings is 2. The summed E-state index contributed by atoms with van der Waals surface area (Å²) in [4.78, 5) is 67.6. The number of carbonyl (C=O) groups excluding carboxylic acids is 5. The van der Waals surface area contributed by atoms with Crippen molar-refractivity contribution in [1.82, 2.24) is 10.0 Å². The lowest BCUT2D eigenvalue weighted by atomic mass is 9.63. The molecule has 6 atom stereocenters. The van der Waals surface area contributed by atoms with E-state index in [-0.39, 0.29) is 33.7 Å². The zero-order chi connectivity index (χ0) is 28.4. The minimum atomic E-state index is -0.712. The highest BCUT2D eigenvalue weighted by Gasteiger charge is 2.68. The third-order valence-electron chi connectivity index (χ3n) is 8.62. The maximum atomic E-state index is 13.8. The van der Waals surface area contributed by atoms with Gasteiger partial charge in [-0.1, -0.05) is 42.0 Å². The van der Waals surface area contributed by atoms with E-state index >= 15 is 0 Å². The Morgan fingerprint density at radius 2 is 1.56 bits per heavy atom. The highest BCUT2D eigenvalue weighted by Crippen LogP contribution is 2.65. The quantitative estimate of drug-likeness (QED) is 0.128. The largest absolute Gasteiger partial charge is 0.422 e. The van der Waals surface area contributed by atoms with E-state index in [4.69, 9.17) is 16.3 Å². The number of amides is 3. The molecule has 4 aliphatic carbocycles. The van der Waals surface area contributed by atoms with Crippen molar-refractivity contribution in [1.29, 1.82) is 0 Å². The minimum absolute atomic E-state index is 0.0335. The van der Waals surface area contributed by atoms with Crippen LogP contribution in [0.4, 0.5) is 0 Å². The lowest BCUT2D eigenvalue weighted by molar-refractivity contribution is -0.154. The Bertz CT molecular complexity index is 1600. The first kappa shape index (κ1) is 25.9. The Kier molecular flexibility index (Phi) is 6.17. The van der Waals surface area contributed by atoms with E-state index in [1.165, 1.54) is 47.7 Å². The topological polar surface area (TPSA) is 101 Å². The van der Waals surface area contributed by atoms with Crippen molar-refractivity contribution in [3.05, 3.63) is 99.2 Å². The summed E-state index contributed by atoms with van der Waals surface area (Å²) in [5.41, 5.74) is 0.301. The van der Waals surface area contributed by atoms with Gasteiger partial charge in [0.25, 0.3) is 17.7 Å². The molecular weight excluding hydrogens is 564 g/mol. The summed E-state index contributed by atoms with van der Waals surface area (Å²) in [5, 5.41) is 3.75. The Hall–Kier alpha value is -4.08. The Labute approximate surface area is 244 Å². The maximum absolute atomic E-state index is 13.8. The van der Waals surface area contributed by atoms with E-state index in [0.29, 0.717) is 16.7 Å². The van der Waals surface area contributed by atoms with Crippen molar-refractivity contribution >= 4 is 52.4 Å². The fourth-order valence-electron chi connectivity index (χ4n) is 6.67. The number of hydrazine groups is 1. The number of ether oxygens (including phenoxy) is 1. The van der Waals surface area contributed by atoms with Crippen molar-refractivity contribution in [3.63, 3.8) is 0 Å². The van der Waals surface area contributed by atoms with Crippen LogP contribution in [0, 0.1) is 35.5 Å². The second kappa shape index (κ2) is 9.78. The monoisotopic (exact) mass is 586 g/mol. The lowest BCUT2D eigenvalue weighted by Gasteiger charge is -2.37. The van der Waals surface area contributed by atoms with Gasteiger partial charge >= 0.3 is 5.97 Å². The zero-order valence-electron chi connectivity index (χ0n) is 21.5. The van der Waals surface area contributed by atoms with Crippen LogP contribution < -0.4 is 4.74 Å². The number of hydrogen-bond acceptors (Lipinski definition) is 7. The third-order valence-corrected chi connectivity index (χ3v) is 9.80. The second-order valence-electron chi connectivity index (χ2n) is 10.8. The molecule has 5 aliphatic rings. The Morgan fingerprint density at radius 3 is 2.17 bits per heavy atom. The van der Waals surface area contributed by atoms with Crippen molar-refractivity contribution in [2.75, 3.05) is 6.54 Å². The summed E-state index contributed by atoms with van der Waals surface area (Å²) in [7, 11) is 0. The van der Waals surface area contributed by atoms with Gasteiger partial charge in [0.2, 0.25) is 0 Å².